The van der Waals surface area contributed by atoms with E-state index in [1.807, 2.05) is 9.47 Å². The first-order valence-corrected chi connectivity index (χ1v) is 10.8. The number of primary amides is 1. The number of nitrogens with zero attached hydrogens (tertiary/aromatic N) is 3. The van der Waals surface area contributed by atoms with Gasteiger partial charge < -0.3 is 20.1 Å². The average molecular weight is 459 g/mol. The SMILES string of the molecule is NC(=O)c1cn(C2CC2)c2cc(N3CCN(c4ccc(F)c(Cl)c4)CC3)c(F)cc2c1=O. The van der Waals surface area contributed by atoms with E-state index in [1.165, 1.54) is 18.3 Å². The molecule has 9 heteroatoms. The third-order valence-electron chi connectivity index (χ3n) is 6.20. The van der Waals surface area contributed by atoms with Crippen molar-refractivity contribution in [3.63, 3.8) is 0 Å². The van der Waals surface area contributed by atoms with Gasteiger partial charge in [0, 0.05) is 49.5 Å². The van der Waals surface area contributed by atoms with Gasteiger partial charge in [0.25, 0.3) is 5.91 Å². The maximum atomic E-state index is 15.1. The summed E-state index contributed by atoms with van der Waals surface area (Å²) >= 11 is 5.90. The molecule has 2 N–H and O–H groups in total. The molecule has 1 aliphatic carbocycles. The summed E-state index contributed by atoms with van der Waals surface area (Å²) in [6.07, 6.45) is 3.37. The zero-order valence-corrected chi connectivity index (χ0v) is 17.9. The molecule has 0 radical (unpaired) electrons. The Kier molecular flexibility index (Phi) is 5.04. The lowest BCUT2D eigenvalue weighted by molar-refractivity contribution is 0.0998. The van der Waals surface area contributed by atoms with Gasteiger partial charge in [0.2, 0.25) is 5.43 Å². The molecule has 1 saturated heterocycles. The van der Waals surface area contributed by atoms with Crippen molar-refractivity contribution in [3.05, 3.63) is 69.0 Å². The number of fused-ring (bicyclic) bond motifs is 1. The summed E-state index contributed by atoms with van der Waals surface area (Å²) in [5, 5.41) is 0.230. The maximum Gasteiger partial charge on any atom is 0.254 e. The number of rotatable bonds is 4. The largest absolute Gasteiger partial charge is 0.368 e. The standard InChI is InChI=1S/C23H21ClF2N4O2/c24-17-9-14(3-4-18(17)25)28-5-7-29(8-6-28)21-11-20-15(10-19(21)26)22(31)16(23(27)32)12-30(20)13-1-2-13/h3-4,9-13H,1-2,5-8H2,(H2,27,32). The Balaban J connectivity index is 1.47. The third-order valence-corrected chi connectivity index (χ3v) is 6.48. The smallest absolute Gasteiger partial charge is 0.254 e. The summed E-state index contributed by atoms with van der Waals surface area (Å²) < 4.78 is 30.4. The normalized spacial score (nSPS) is 16.6. The number of pyridine rings is 1. The number of anilines is 2. The van der Waals surface area contributed by atoms with Crippen LogP contribution in [-0.4, -0.2) is 36.7 Å². The highest BCUT2D eigenvalue weighted by Crippen LogP contribution is 2.38. The average Bonchev–Trinajstić information content (AvgIpc) is 3.61. The van der Waals surface area contributed by atoms with E-state index in [1.54, 1.807) is 18.2 Å². The molecule has 6 nitrogen and oxygen atoms in total. The number of carbonyl (C=O) groups is 1. The highest BCUT2D eigenvalue weighted by Gasteiger charge is 2.28. The van der Waals surface area contributed by atoms with Crippen LogP contribution in [0.2, 0.25) is 5.02 Å². The molecule has 1 aliphatic heterocycles. The van der Waals surface area contributed by atoms with Crippen LogP contribution >= 0.6 is 11.6 Å². The molecule has 2 aromatic carbocycles. The summed E-state index contributed by atoms with van der Waals surface area (Å²) in [5.41, 5.74) is 6.53. The number of benzene rings is 2. The molecule has 0 bridgehead atoms. The number of hydrogen-bond donors (Lipinski definition) is 1. The van der Waals surface area contributed by atoms with Crippen LogP contribution in [0.15, 0.2) is 41.3 Å². The minimum atomic E-state index is -0.812. The van der Waals surface area contributed by atoms with Gasteiger partial charge in [-0.2, -0.15) is 0 Å². The molecule has 5 rings (SSSR count). The Labute approximate surface area is 187 Å². The second-order valence-electron chi connectivity index (χ2n) is 8.27. The second kappa shape index (κ2) is 7.78. The summed E-state index contributed by atoms with van der Waals surface area (Å²) in [6.45, 7) is 2.31. The van der Waals surface area contributed by atoms with Crippen LogP contribution in [0.3, 0.4) is 0 Å². The summed E-state index contributed by atoms with van der Waals surface area (Å²) in [6, 6.07) is 7.69. The van der Waals surface area contributed by atoms with Crippen LogP contribution in [0.1, 0.15) is 29.2 Å². The van der Waals surface area contributed by atoms with Gasteiger partial charge in [0.1, 0.15) is 17.2 Å². The fourth-order valence-corrected chi connectivity index (χ4v) is 4.49. The number of hydrogen-bond acceptors (Lipinski definition) is 4. The van der Waals surface area contributed by atoms with Gasteiger partial charge in [0.05, 0.1) is 16.2 Å². The van der Waals surface area contributed by atoms with Gasteiger partial charge in [-0.1, -0.05) is 11.6 Å². The van der Waals surface area contributed by atoms with Crippen LogP contribution in [-0.2, 0) is 0 Å². The first-order chi connectivity index (χ1) is 15.3. The van der Waals surface area contributed by atoms with Crippen LogP contribution in [0.25, 0.3) is 10.9 Å². The molecule has 2 aliphatic rings. The van der Waals surface area contributed by atoms with E-state index in [0.29, 0.717) is 37.4 Å². The van der Waals surface area contributed by atoms with Crippen LogP contribution in [0, 0.1) is 11.6 Å². The number of carbonyl (C=O) groups excluding carboxylic acids is 1. The van der Waals surface area contributed by atoms with Crippen molar-refractivity contribution in [2.45, 2.75) is 18.9 Å². The summed E-state index contributed by atoms with van der Waals surface area (Å²) in [4.78, 5) is 28.4. The second-order valence-corrected chi connectivity index (χ2v) is 8.68. The monoisotopic (exact) mass is 458 g/mol. The van der Waals surface area contributed by atoms with E-state index in [9.17, 15) is 14.0 Å². The van der Waals surface area contributed by atoms with Crippen molar-refractivity contribution < 1.29 is 13.6 Å². The van der Waals surface area contributed by atoms with E-state index < -0.39 is 23.0 Å². The number of halogens is 3. The predicted molar refractivity (Wildman–Crippen MR) is 121 cm³/mol. The van der Waals surface area contributed by atoms with Gasteiger partial charge in [-0.05, 0) is 43.2 Å². The summed E-state index contributed by atoms with van der Waals surface area (Å²) in [5.74, 6) is -1.79. The molecule has 0 unspecified atom stereocenters. The summed E-state index contributed by atoms with van der Waals surface area (Å²) in [7, 11) is 0. The van der Waals surface area contributed by atoms with Crippen LogP contribution in [0.5, 0.6) is 0 Å². The van der Waals surface area contributed by atoms with Crippen molar-refractivity contribution in [3.8, 4) is 0 Å². The lowest BCUT2D eigenvalue weighted by atomic mass is 10.1. The van der Waals surface area contributed by atoms with Crippen LogP contribution in [0.4, 0.5) is 20.2 Å². The Bertz CT molecular complexity index is 1300. The van der Waals surface area contributed by atoms with Crippen molar-refractivity contribution >= 4 is 39.8 Å². The third kappa shape index (κ3) is 3.58. The van der Waals surface area contributed by atoms with Gasteiger partial charge >= 0.3 is 0 Å². The molecule has 2 heterocycles. The molecular formula is C23H21ClF2N4O2. The minimum absolute atomic E-state index is 0.0684. The Morgan fingerprint density at radius 2 is 1.69 bits per heavy atom. The van der Waals surface area contributed by atoms with E-state index in [2.05, 4.69) is 4.90 Å². The number of aromatic nitrogens is 1. The van der Waals surface area contributed by atoms with E-state index in [-0.39, 0.29) is 22.0 Å². The molecule has 1 saturated carbocycles. The highest BCUT2D eigenvalue weighted by molar-refractivity contribution is 6.31. The number of nitrogens with two attached hydrogens (primary N) is 1. The van der Waals surface area contributed by atoms with Crippen molar-refractivity contribution in [1.29, 1.82) is 0 Å². The zero-order chi connectivity index (χ0) is 22.6. The number of piperazine rings is 1. The van der Waals surface area contributed by atoms with Gasteiger partial charge in [-0.25, -0.2) is 8.78 Å². The number of amides is 1. The molecule has 1 amide bonds. The molecule has 32 heavy (non-hydrogen) atoms. The van der Waals surface area contributed by atoms with Crippen molar-refractivity contribution in [2.75, 3.05) is 36.0 Å². The first kappa shape index (κ1) is 20.8. The lowest BCUT2D eigenvalue weighted by Gasteiger charge is -2.37. The zero-order valence-electron chi connectivity index (χ0n) is 17.2. The van der Waals surface area contributed by atoms with Crippen molar-refractivity contribution in [1.82, 2.24) is 4.57 Å². The molecule has 0 atom stereocenters. The first-order valence-electron chi connectivity index (χ1n) is 10.5. The molecule has 2 fully saturated rings. The fourth-order valence-electron chi connectivity index (χ4n) is 4.32. The lowest BCUT2D eigenvalue weighted by Crippen LogP contribution is -2.46. The molecule has 0 spiro atoms. The molecular weight excluding hydrogens is 438 g/mol. The Hall–Kier alpha value is -3.13. The van der Waals surface area contributed by atoms with Gasteiger partial charge in [0.15, 0.2) is 0 Å². The fraction of sp³-hybridized carbons (Fsp3) is 0.304. The minimum Gasteiger partial charge on any atom is -0.368 e. The highest BCUT2D eigenvalue weighted by atomic mass is 35.5. The van der Waals surface area contributed by atoms with Crippen LogP contribution < -0.4 is 21.0 Å². The Morgan fingerprint density at radius 3 is 2.31 bits per heavy atom. The molecule has 166 valence electrons. The Morgan fingerprint density at radius 1 is 1.00 bits per heavy atom. The van der Waals surface area contributed by atoms with E-state index in [4.69, 9.17) is 17.3 Å². The predicted octanol–water partition coefficient (Wildman–Crippen LogP) is 3.69. The molecule has 3 aromatic rings. The molecule has 1 aromatic heterocycles. The van der Waals surface area contributed by atoms with Crippen molar-refractivity contribution in [2.24, 2.45) is 5.73 Å². The van der Waals surface area contributed by atoms with E-state index in [0.717, 1.165) is 18.5 Å². The quantitative estimate of drug-likeness (QED) is 0.647. The maximum absolute atomic E-state index is 15.1. The topological polar surface area (TPSA) is 71.6 Å². The van der Waals surface area contributed by atoms with Gasteiger partial charge in [-0.15, -0.1) is 0 Å². The van der Waals surface area contributed by atoms with Gasteiger partial charge in [-0.3, -0.25) is 9.59 Å². The van der Waals surface area contributed by atoms with E-state index >= 15 is 4.39 Å².